The van der Waals surface area contributed by atoms with Crippen LogP contribution in [-0.4, -0.2) is 16.4 Å². The molecule has 1 N–H and O–H groups in total. The Balaban J connectivity index is 1.84. The lowest BCUT2D eigenvalue weighted by Gasteiger charge is -2.30. The number of nitrogens with zero attached hydrogens (tertiary/aromatic N) is 1. The maximum atomic E-state index is 13.8. The minimum atomic E-state index is -0.475. The van der Waals surface area contributed by atoms with Crippen molar-refractivity contribution in [3.63, 3.8) is 0 Å². The van der Waals surface area contributed by atoms with Crippen molar-refractivity contribution in [1.29, 1.82) is 0 Å². The first-order valence-electron chi connectivity index (χ1n) is 8.52. The highest BCUT2D eigenvalue weighted by molar-refractivity contribution is 5.97. The Labute approximate surface area is 152 Å². The maximum Gasteiger partial charge on any atom is 0.253 e. The molecule has 0 bridgehead atoms. The Bertz CT molecular complexity index is 939. The Hall–Kier alpha value is -3.01. The first-order chi connectivity index (χ1) is 12.5. The summed E-state index contributed by atoms with van der Waals surface area (Å²) in [5.41, 5.74) is 1.33. The molecule has 0 saturated heterocycles. The summed E-state index contributed by atoms with van der Waals surface area (Å²) < 4.78 is 13.8. The van der Waals surface area contributed by atoms with Crippen LogP contribution in [0.15, 0.2) is 73.4 Å². The number of carbonyl (C=O) groups is 1. The van der Waals surface area contributed by atoms with E-state index in [1.807, 2.05) is 37.3 Å². The first kappa shape index (κ1) is 17.8. The summed E-state index contributed by atoms with van der Waals surface area (Å²) >= 11 is 0. The molecule has 1 unspecified atom stereocenters. The molecule has 132 valence electrons. The maximum absolute atomic E-state index is 13.8. The van der Waals surface area contributed by atoms with E-state index in [4.69, 9.17) is 0 Å². The molecule has 0 fully saturated rings. The van der Waals surface area contributed by atoms with Crippen LogP contribution in [0.3, 0.4) is 0 Å². The van der Waals surface area contributed by atoms with Gasteiger partial charge < -0.3 is 5.32 Å². The Morgan fingerprint density at radius 3 is 2.73 bits per heavy atom. The Kier molecular flexibility index (Phi) is 5.12. The molecule has 1 aromatic heterocycles. The van der Waals surface area contributed by atoms with Crippen molar-refractivity contribution in [3.8, 4) is 0 Å². The number of aromatic nitrogens is 1. The average molecular weight is 348 g/mol. The van der Waals surface area contributed by atoms with Crippen molar-refractivity contribution in [1.82, 2.24) is 10.3 Å². The van der Waals surface area contributed by atoms with Gasteiger partial charge in [-0.3, -0.25) is 9.78 Å². The molecule has 0 aliphatic carbocycles. The van der Waals surface area contributed by atoms with E-state index in [-0.39, 0.29) is 11.4 Å². The van der Waals surface area contributed by atoms with E-state index in [0.29, 0.717) is 23.8 Å². The second-order valence-corrected chi connectivity index (χ2v) is 6.71. The number of amides is 1. The van der Waals surface area contributed by atoms with Crippen molar-refractivity contribution in [2.75, 3.05) is 0 Å². The number of para-hydroxylation sites is 1. The van der Waals surface area contributed by atoms with Gasteiger partial charge in [-0.15, -0.1) is 6.58 Å². The SMILES string of the molecule is C=CCC(C)(Cc1ccccc1)NC(=O)c1cnc2c(F)cccc2c1. The van der Waals surface area contributed by atoms with Gasteiger partial charge in [0.25, 0.3) is 5.91 Å². The number of hydrogen-bond acceptors (Lipinski definition) is 2. The zero-order chi connectivity index (χ0) is 18.6. The standard InChI is InChI=1S/C22H21FN2O/c1-3-12-22(2,14-16-8-5-4-6-9-16)25-21(26)18-13-17-10-7-11-19(23)20(17)24-15-18/h3-11,13,15H,1,12,14H2,2H3,(H,25,26). The van der Waals surface area contributed by atoms with E-state index < -0.39 is 11.4 Å². The monoisotopic (exact) mass is 348 g/mol. The summed E-state index contributed by atoms with van der Waals surface area (Å²) in [5.74, 6) is -0.626. The fourth-order valence-corrected chi connectivity index (χ4v) is 3.13. The molecule has 1 amide bonds. The van der Waals surface area contributed by atoms with Crippen molar-refractivity contribution in [3.05, 3.63) is 90.4 Å². The zero-order valence-corrected chi connectivity index (χ0v) is 14.7. The highest BCUT2D eigenvalue weighted by Gasteiger charge is 2.26. The Morgan fingerprint density at radius 2 is 2.00 bits per heavy atom. The van der Waals surface area contributed by atoms with E-state index in [0.717, 1.165) is 5.56 Å². The molecule has 1 heterocycles. The number of nitrogens with one attached hydrogen (secondary N) is 1. The molecule has 1 atom stereocenters. The minimum absolute atomic E-state index is 0.232. The highest BCUT2D eigenvalue weighted by atomic mass is 19.1. The van der Waals surface area contributed by atoms with Crippen LogP contribution < -0.4 is 5.32 Å². The van der Waals surface area contributed by atoms with Crippen molar-refractivity contribution >= 4 is 16.8 Å². The van der Waals surface area contributed by atoms with E-state index in [2.05, 4.69) is 16.9 Å². The van der Waals surface area contributed by atoms with E-state index in [1.54, 1.807) is 24.3 Å². The molecule has 0 radical (unpaired) electrons. The third kappa shape index (κ3) is 3.97. The van der Waals surface area contributed by atoms with Crippen LogP contribution in [0.4, 0.5) is 4.39 Å². The summed E-state index contributed by atoms with van der Waals surface area (Å²) in [6, 6.07) is 16.4. The summed E-state index contributed by atoms with van der Waals surface area (Å²) in [4.78, 5) is 16.9. The quantitative estimate of drug-likeness (QED) is 0.657. The van der Waals surface area contributed by atoms with Crippen LogP contribution in [0.1, 0.15) is 29.3 Å². The van der Waals surface area contributed by atoms with Gasteiger partial charge in [-0.05, 0) is 37.5 Å². The molecule has 0 aliphatic rings. The van der Waals surface area contributed by atoms with E-state index in [9.17, 15) is 9.18 Å². The third-order valence-corrected chi connectivity index (χ3v) is 4.37. The Morgan fingerprint density at radius 1 is 1.23 bits per heavy atom. The molecule has 4 heteroatoms. The summed E-state index contributed by atoms with van der Waals surface area (Å²) in [6.45, 7) is 5.81. The predicted octanol–water partition coefficient (Wildman–Crippen LogP) is 4.68. The van der Waals surface area contributed by atoms with Crippen LogP contribution in [0.2, 0.25) is 0 Å². The lowest BCUT2D eigenvalue weighted by molar-refractivity contribution is 0.0906. The summed E-state index contributed by atoms with van der Waals surface area (Å²) in [5, 5.41) is 3.70. The largest absolute Gasteiger partial charge is 0.346 e. The van der Waals surface area contributed by atoms with Crippen LogP contribution in [-0.2, 0) is 6.42 Å². The topological polar surface area (TPSA) is 42.0 Å². The van der Waals surface area contributed by atoms with Gasteiger partial charge in [-0.25, -0.2) is 4.39 Å². The summed E-state index contributed by atoms with van der Waals surface area (Å²) in [7, 11) is 0. The number of carbonyl (C=O) groups excluding carboxylic acids is 1. The first-order valence-corrected chi connectivity index (χ1v) is 8.52. The number of hydrogen-bond donors (Lipinski definition) is 1. The number of fused-ring (bicyclic) bond motifs is 1. The molecule has 0 spiro atoms. The lowest BCUT2D eigenvalue weighted by Crippen LogP contribution is -2.47. The predicted molar refractivity (Wildman–Crippen MR) is 103 cm³/mol. The van der Waals surface area contributed by atoms with E-state index in [1.165, 1.54) is 12.3 Å². The van der Waals surface area contributed by atoms with Crippen molar-refractivity contribution < 1.29 is 9.18 Å². The molecule has 3 nitrogen and oxygen atoms in total. The number of rotatable bonds is 6. The lowest BCUT2D eigenvalue weighted by atomic mass is 9.89. The number of pyridine rings is 1. The van der Waals surface area contributed by atoms with Crippen molar-refractivity contribution in [2.45, 2.75) is 25.3 Å². The second kappa shape index (κ2) is 7.48. The third-order valence-electron chi connectivity index (χ3n) is 4.37. The highest BCUT2D eigenvalue weighted by Crippen LogP contribution is 2.20. The smallest absolute Gasteiger partial charge is 0.253 e. The van der Waals surface area contributed by atoms with Crippen LogP contribution in [0, 0.1) is 5.82 Å². The molecule has 26 heavy (non-hydrogen) atoms. The van der Waals surface area contributed by atoms with Gasteiger partial charge in [0.2, 0.25) is 0 Å². The molecule has 0 saturated carbocycles. The summed E-state index contributed by atoms with van der Waals surface area (Å²) in [6.07, 6.45) is 4.53. The van der Waals surface area contributed by atoms with Gasteiger partial charge >= 0.3 is 0 Å². The molecule has 0 aliphatic heterocycles. The van der Waals surface area contributed by atoms with Gasteiger partial charge in [-0.1, -0.05) is 48.5 Å². The van der Waals surface area contributed by atoms with Gasteiger partial charge in [0.15, 0.2) is 0 Å². The zero-order valence-electron chi connectivity index (χ0n) is 14.7. The van der Waals surface area contributed by atoms with Gasteiger partial charge in [0.05, 0.1) is 5.56 Å². The number of halogens is 1. The molecule has 3 rings (SSSR count). The molecule has 3 aromatic rings. The van der Waals surface area contributed by atoms with Gasteiger partial charge in [0.1, 0.15) is 11.3 Å². The van der Waals surface area contributed by atoms with Crippen molar-refractivity contribution in [2.24, 2.45) is 0 Å². The minimum Gasteiger partial charge on any atom is -0.346 e. The van der Waals surface area contributed by atoms with Crippen LogP contribution >= 0.6 is 0 Å². The van der Waals surface area contributed by atoms with Gasteiger partial charge in [0, 0.05) is 17.1 Å². The molecule has 2 aromatic carbocycles. The van der Waals surface area contributed by atoms with Crippen LogP contribution in [0.25, 0.3) is 10.9 Å². The second-order valence-electron chi connectivity index (χ2n) is 6.71. The van der Waals surface area contributed by atoms with E-state index >= 15 is 0 Å². The normalized spacial score (nSPS) is 13.2. The fraction of sp³-hybridized carbons (Fsp3) is 0.182. The number of benzene rings is 2. The average Bonchev–Trinajstić information content (AvgIpc) is 2.62. The van der Waals surface area contributed by atoms with Gasteiger partial charge in [-0.2, -0.15) is 0 Å². The molecular weight excluding hydrogens is 327 g/mol. The molecular formula is C22H21FN2O. The fourth-order valence-electron chi connectivity index (χ4n) is 3.13. The van der Waals surface area contributed by atoms with Crippen LogP contribution in [0.5, 0.6) is 0 Å².